The van der Waals surface area contributed by atoms with Crippen molar-refractivity contribution < 1.29 is 28.2 Å². The van der Waals surface area contributed by atoms with E-state index in [0.29, 0.717) is 32.0 Å². The van der Waals surface area contributed by atoms with Gasteiger partial charge in [0.05, 0.1) is 19.4 Å². The second kappa shape index (κ2) is 10.6. The van der Waals surface area contributed by atoms with Crippen LogP contribution in [0.25, 0.3) is 0 Å². The number of amides is 2. The van der Waals surface area contributed by atoms with Crippen LogP contribution in [-0.2, 0) is 14.3 Å². The quantitative estimate of drug-likeness (QED) is 0.661. The summed E-state index contributed by atoms with van der Waals surface area (Å²) in [6.45, 7) is 3.30. The number of benzene rings is 1. The number of methoxy groups -OCH3 is 1. The minimum absolute atomic E-state index is 0.0660. The first-order chi connectivity index (χ1) is 14.9. The smallest absolute Gasteiger partial charge is 0.342 e. The number of likely N-dealkylation sites (tertiary alicyclic amines) is 1. The van der Waals surface area contributed by atoms with E-state index >= 15 is 0 Å². The van der Waals surface area contributed by atoms with Gasteiger partial charge in [-0.25, -0.2) is 9.18 Å². The highest BCUT2D eigenvalue weighted by Crippen LogP contribution is 2.31. The third-order valence-electron chi connectivity index (χ3n) is 6.22. The second-order valence-corrected chi connectivity index (χ2v) is 8.48. The molecule has 0 spiro atoms. The molecule has 2 amide bonds. The summed E-state index contributed by atoms with van der Waals surface area (Å²) in [6, 6.07) is 2.62. The summed E-state index contributed by atoms with van der Waals surface area (Å²) >= 11 is 0. The highest BCUT2D eigenvalue weighted by atomic mass is 19.1. The first kappa shape index (κ1) is 23.0. The van der Waals surface area contributed by atoms with Gasteiger partial charge in [0.1, 0.15) is 17.1 Å². The maximum atomic E-state index is 14.7. The van der Waals surface area contributed by atoms with Crippen LogP contribution in [0.5, 0.6) is 5.75 Å². The Kier molecular flexibility index (Phi) is 7.87. The number of ether oxygens (including phenoxy) is 2. The molecule has 31 heavy (non-hydrogen) atoms. The van der Waals surface area contributed by atoms with Crippen LogP contribution < -0.4 is 10.1 Å². The maximum Gasteiger partial charge on any atom is 0.342 e. The zero-order valence-corrected chi connectivity index (χ0v) is 18.2. The third-order valence-corrected chi connectivity index (χ3v) is 6.22. The van der Waals surface area contributed by atoms with Crippen molar-refractivity contribution in [1.82, 2.24) is 4.90 Å². The van der Waals surface area contributed by atoms with E-state index in [1.807, 2.05) is 0 Å². The average molecular weight is 435 g/mol. The van der Waals surface area contributed by atoms with Gasteiger partial charge in [-0.1, -0.05) is 12.8 Å². The van der Waals surface area contributed by atoms with Crippen molar-refractivity contribution >= 4 is 23.5 Å². The fourth-order valence-corrected chi connectivity index (χ4v) is 4.38. The number of halogens is 1. The molecule has 0 atom stereocenters. The zero-order chi connectivity index (χ0) is 22.4. The van der Waals surface area contributed by atoms with Gasteiger partial charge < -0.3 is 19.7 Å². The molecule has 1 saturated heterocycles. The number of hydrogen-bond donors (Lipinski definition) is 1. The summed E-state index contributed by atoms with van der Waals surface area (Å²) < 4.78 is 25.2. The number of hydrogen-bond acceptors (Lipinski definition) is 5. The predicted octanol–water partition coefficient (Wildman–Crippen LogP) is 3.77. The molecule has 170 valence electrons. The molecule has 0 radical (unpaired) electrons. The monoisotopic (exact) mass is 434 g/mol. The van der Waals surface area contributed by atoms with Crippen LogP contribution in [0.1, 0.15) is 62.2 Å². The van der Waals surface area contributed by atoms with Gasteiger partial charge in [0.15, 0.2) is 0 Å². The normalized spacial score (nSPS) is 17.5. The number of piperidine rings is 1. The Bertz CT molecular complexity index is 814. The SMILES string of the molecule is COC(=O)c1c(F)cc(OCC2CCN(C(C)=O)CC2)cc1NC(=O)CC1CCCC1. The molecule has 1 aromatic carbocycles. The van der Waals surface area contributed by atoms with Crippen molar-refractivity contribution in [3.63, 3.8) is 0 Å². The molecule has 0 unspecified atom stereocenters. The molecular formula is C23H31FN2O5. The van der Waals surface area contributed by atoms with Crippen molar-refractivity contribution in [2.75, 3.05) is 32.1 Å². The summed E-state index contributed by atoms with van der Waals surface area (Å²) in [5.41, 5.74) is -0.236. The highest BCUT2D eigenvalue weighted by molar-refractivity contribution is 6.01. The van der Waals surface area contributed by atoms with E-state index in [1.165, 1.54) is 13.2 Å². The fourth-order valence-electron chi connectivity index (χ4n) is 4.38. The highest BCUT2D eigenvalue weighted by Gasteiger charge is 2.25. The topological polar surface area (TPSA) is 84.9 Å². The summed E-state index contributed by atoms with van der Waals surface area (Å²) in [4.78, 5) is 37.8. The molecule has 3 rings (SSSR count). The van der Waals surface area contributed by atoms with E-state index in [4.69, 9.17) is 9.47 Å². The summed E-state index contributed by atoms with van der Waals surface area (Å²) in [6.07, 6.45) is 6.24. The predicted molar refractivity (Wildman–Crippen MR) is 113 cm³/mol. The Balaban J connectivity index is 1.67. The van der Waals surface area contributed by atoms with Gasteiger partial charge in [0.25, 0.3) is 0 Å². The summed E-state index contributed by atoms with van der Waals surface area (Å²) in [5.74, 6) is -1.01. The van der Waals surface area contributed by atoms with Gasteiger partial charge in [-0.05, 0) is 37.5 Å². The molecule has 1 aromatic rings. The lowest BCUT2D eigenvalue weighted by Crippen LogP contribution is -2.38. The lowest BCUT2D eigenvalue weighted by Gasteiger charge is -2.31. The van der Waals surface area contributed by atoms with Crippen LogP contribution in [0, 0.1) is 17.7 Å². The van der Waals surface area contributed by atoms with Crippen LogP contribution in [-0.4, -0.2) is 49.5 Å². The van der Waals surface area contributed by atoms with Crippen molar-refractivity contribution in [3.05, 3.63) is 23.5 Å². The molecule has 1 N–H and O–H groups in total. The van der Waals surface area contributed by atoms with E-state index in [-0.39, 0.29) is 34.7 Å². The fraction of sp³-hybridized carbons (Fsp3) is 0.609. The number of esters is 1. The zero-order valence-electron chi connectivity index (χ0n) is 18.2. The van der Waals surface area contributed by atoms with Crippen LogP contribution in [0.2, 0.25) is 0 Å². The Morgan fingerprint density at radius 3 is 2.39 bits per heavy atom. The molecule has 1 saturated carbocycles. The number of rotatable bonds is 7. The number of nitrogens with one attached hydrogen (secondary N) is 1. The molecule has 8 heteroatoms. The first-order valence-corrected chi connectivity index (χ1v) is 11.0. The van der Waals surface area contributed by atoms with Gasteiger partial charge in [-0.15, -0.1) is 0 Å². The lowest BCUT2D eigenvalue weighted by molar-refractivity contribution is -0.130. The molecule has 1 aliphatic carbocycles. The van der Waals surface area contributed by atoms with Crippen LogP contribution in [0.15, 0.2) is 12.1 Å². The summed E-state index contributed by atoms with van der Waals surface area (Å²) in [7, 11) is 1.17. The molecule has 2 aliphatic rings. The Morgan fingerprint density at radius 2 is 1.77 bits per heavy atom. The number of anilines is 1. The largest absolute Gasteiger partial charge is 0.493 e. The Morgan fingerprint density at radius 1 is 1.10 bits per heavy atom. The van der Waals surface area contributed by atoms with Crippen molar-refractivity contribution in [1.29, 1.82) is 0 Å². The van der Waals surface area contributed by atoms with Gasteiger partial charge in [-0.2, -0.15) is 0 Å². The van der Waals surface area contributed by atoms with Crippen molar-refractivity contribution in [2.45, 2.75) is 51.9 Å². The van der Waals surface area contributed by atoms with E-state index in [9.17, 15) is 18.8 Å². The van der Waals surface area contributed by atoms with E-state index in [2.05, 4.69) is 5.32 Å². The lowest BCUT2D eigenvalue weighted by atomic mass is 9.98. The molecule has 1 aliphatic heterocycles. The number of nitrogens with zero attached hydrogens (tertiary/aromatic N) is 1. The molecular weight excluding hydrogens is 403 g/mol. The third kappa shape index (κ3) is 6.18. The number of carbonyl (C=O) groups is 3. The standard InChI is InChI=1S/C23H31FN2O5/c1-15(27)26-9-7-17(8-10-26)14-31-18-12-19(24)22(23(29)30-2)20(13-18)25-21(28)11-16-5-3-4-6-16/h12-13,16-17H,3-11,14H2,1-2H3,(H,25,28). The molecule has 1 heterocycles. The van der Waals surface area contributed by atoms with Gasteiger partial charge in [0.2, 0.25) is 11.8 Å². The van der Waals surface area contributed by atoms with Crippen LogP contribution in [0.4, 0.5) is 10.1 Å². The Labute approximate surface area is 182 Å². The summed E-state index contributed by atoms with van der Waals surface area (Å²) in [5, 5.41) is 2.69. The van der Waals surface area contributed by atoms with E-state index in [1.54, 1.807) is 11.8 Å². The van der Waals surface area contributed by atoms with E-state index < -0.39 is 11.8 Å². The molecule has 7 nitrogen and oxygen atoms in total. The van der Waals surface area contributed by atoms with Crippen molar-refractivity contribution in [3.8, 4) is 5.75 Å². The second-order valence-electron chi connectivity index (χ2n) is 8.48. The number of carbonyl (C=O) groups excluding carboxylic acids is 3. The van der Waals surface area contributed by atoms with Gasteiger partial charge in [-0.3, -0.25) is 9.59 Å². The van der Waals surface area contributed by atoms with Gasteiger partial charge in [0, 0.05) is 38.6 Å². The van der Waals surface area contributed by atoms with E-state index in [0.717, 1.165) is 44.6 Å². The first-order valence-electron chi connectivity index (χ1n) is 11.0. The Hall–Kier alpha value is -2.64. The molecule has 0 bridgehead atoms. The van der Waals surface area contributed by atoms with Gasteiger partial charge >= 0.3 is 5.97 Å². The maximum absolute atomic E-state index is 14.7. The van der Waals surface area contributed by atoms with Crippen LogP contribution in [0.3, 0.4) is 0 Å². The molecule has 2 fully saturated rings. The molecule has 0 aromatic heterocycles. The minimum Gasteiger partial charge on any atom is -0.493 e. The van der Waals surface area contributed by atoms with Crippen molar-refractivity contribution in [2.24, 2.45) is 11.8 Å². The van der Waals surface area contributed by atoms with Crippen LogP contribution >= 0.6 is 0 Å². The average Bonchev–Trinajstić information content (AvgIpc) is 3.24. The minimum atomic E-state index is -0.850.